The van der Waals surface area contributed by atoms with Gasteiger partial charge in [-0.25, -0.2) is 4.39 Å². The van der Waals surface area contributed by atoms with Gasteiger partial charge in [0.25, 0.3) is 5.91 Å². The van der Waals surface area contributed by atoms with Crippen molar-refractivity contribution >= 4 is 29.0 Å². The van der Waals surface area contributed by atoms with Gasteiger partial charge in [-0.05, 0) is 43.7 Å². The number of Topliss-reactive ketones (excluding diaryl/α,β-unsaturated/α-hetero) is 1. The maximum Gasteiger partial charge on any atom is 0.265 e. The van der Waals surface area contributed by atoms with Crippen LogP contribution in [0.15, 0.2) is 42.5 Å². The summed E-state index contributed by atoms with van der Waals surface area (Å²) in [7, 11) is 0. The van der Waals surface area contributed by atoms with Crippen molar-refractivity contribution in [1.82, 2.24) is 0 Å². The number of halogens is 1. The van der Waals surface area contributed by atoms with Crippen LogP contribution in [0.1, 0.15) is 30.1 Å². The summed E-state index contributed by atoms with van der Waals surface area (Å²) in [5.41, 5.74) is 1.13. The van der Waals surface area contributed by atoms with Crippen LogP contribution in [0.25, 0.3) is 0 Å². The fourth-order valence-corrected chi connectivity index (χ4v) is 2.84. The van der Waals surface area contributed by atoms with Gasteiger partial charge in [-0.3, -0.25) is 14.4 Å². The smallest absolute Gasteiger partial charge is 0.265 e. The lowest BCUT2D eigenvalue weighted by atomic mass is 10.1. The van der Waals surface area contributed by atoms with Crippen LogP contribution >= 0.6 is 0 Å². The molecule has 140 valence electrons. The van der Waals surface area contributed by atoms with Gasteiger partial charge in [0.05, 0.1) is 11.4 Å². The molecule has 0 aliphatic carbocycles. The van der Waals surface area contributed by atoms with Crippen molar-refractivity contribution in [3.63, 3.8) is 0 Å². The summed E-state index contributed by atoms with van der Waals surface area (Å²) in [5, 5.41) is 2.52. The lowest BCUT2D eigenvalue weighted by Crippen LogP contribution is -2.39. The van der Waals surface area contributed by atoms with Gasteiger partial charge in [-0.15, -0.1) is 0 Å². The van der Waals surface area contributed by atoms with Crippen molar-refractivity contribution in [3.8, 4) is 5.75 Å². The molecule has 1 heterocycles. The summed E-state index contributed by atoms with van der Waals surface area (Å²) in [5.74, 6) is -0.661. The Hall–Kier alpha value is -3.22. The number of carbonyl (C=O) groups is 3. The second-order valence-electron chi connectivity index (χ2n) is 6.20. The summed E-state index contributed by atoms with van der Waals surface area (Å²) < 4.78 is 19.0. The van der Waals surface area contributed by atoms with Crippen molar-refractivity contribution in [2.75, 3.05) is 23.4 Å². The Kier molecular flexibility index (Phi) is 5.49. The number of hydrogen-bond donors (Lipinski definition) is 1. The molecular weight excluding hydrogens is 351 g/mol. The van der Waals surface area contributed by atoms with Gasteiger partial charge in [-0.1, -0.05) is 12.1 Å². The Bertz CT molecular complexity index is 897. The molecule has 1 N–H and O–H groups in total. The molecular formula is C20H19FN2O4. The number of rotatable bonds is 6. The van der Waals surface area contributed by atoms with Gasteiger partial charge >= 0.3 is 0 Å². The summed E-state index contributed by atoms with van der Waals surface area (Å²) in [6, 6.07) is 10.9. The van der Waals surface area contributed by atoms with Gasteiger partial charge in [0.1, 0.15) is 11.6 Å². The number of para-hydroxylation sites is 1. The highest BCUT2D eigenvalue weighted by atomic mass is 19.1. The first-order chi connectivity index (χ1) is 13.0. The molecule has 0 unspecified atom stereocenters. The Morgan fingerprint density at radius 1 is 1.22 bits per heavy atom. The van der Waals surface area contributed by atoms with Gasteiger partial charge in [0.15, 0.2) is 12.4 Å². The topological polar surface area (TPSA) is 75.7 Å². The molecule has 0 fully saturated rings. The number of hydrogen-bond acceptors (Lipinski definition) is 4. The first-order valence-corrected chi connectivity index (χ1v) is 8.58. The van der Waals surface area contributed by atoms with Crippen molar-refractivity contribution in [2.45, 2.75) is 19.8 Å². The summed E-state index contributed by atoms with van der Waals surface area (Å²) in [4.78, 5) is 37.4. The SMILES string of the molecule is CC(=O)c1ccc2c(c1)N(CCCC(=O)Nc1ccccc1F)C(=O)CO2. The number of nitrogens with one attached hydrogen (secondary N) is 1. The van der Waals surface area contributed by atoms with Crippen LogP contribution in [0.4, 0.5) is 15.8 Å². The van der Waals surface area contributed by atoms with E-state index < -0.39 is 5.82 Å². The first kappa shape index (κ1) is 18.6. The molecule has 3 rings (SSSR count). The van der Waals surface area contributed by atoms with E-state index >= 15 is 0 Å². The Morgan fingerprint density at radius 3 is 2.74 bits per heavy atom. The molecule has 0 radical (unpaired) electrons. The molecule has 1 aliphatic rings. The number of carbonyl (C=O) groups excluding carboxylic acids is 3. The van der Waals surface area contributed by atoms with Crippen LogP contribution in [-0.4, -0.2) is 30.7 Å². The number of anilines is 2. The maximum absolute atomic E-state index is 13.6. The van der Waals surface area contributed by atoms with E-state index in [0.717, 1.165) is 0 Å². The molecule has 0 saturated carbocycles. The van der Waals surface area contributed by atoms with Crippen LogP contribution < -0.4 is 15.0 Å². The highest BCUT2D eigenvalue weighted by molar-refractivity contribution is 6.01. The van der Waals surface area contributed by atoms with Crippen LogP contribution in [0.2, 0.25) is 0 Å². The Balaban J connectivity index is 1.63. The average Bonchev–Trinajstić information content (AvgIpc) is 2.65. The third-order valence-electron chi connectivity index (χ3n) is 4.24. The molecule has 0 saturated heterocycles. The molecule has 0 atom stereocenters. The zero-order valence-electron chi connectivity index (χ0n) is 14.8. The highest BCUT2D eigenvalue weighted by Crippen LogP contribution is 2.33. The van der Waals surface area contributed by atoms with Crippen molar-refractivity contribution in [2.24, 2.45) is 0 Å². The largest absolute Gasteiger partial charge is 0.482 e. The minimum absolute atomic E-state index is 0.0894. The number of fused-ring (bicyclic) bond motifs is 1. The predicted molar refractivity (Wildman–Crippen MR) is 98.6 cm³/mol. The lowest BCUT2D eigenvalue weighted by Gasteiger charge is -2.29. The quantitative estimate of drug-likeness (QED) is 0.793. The molecule has 7 heteroatoms. The molecule has 1 aliphatic heterocycles. The fourth-order valence-electron chi connectivity index (χ4n) is 2.84. The van der Waals surface area contributed by atoms with Gasteiger partial charge < -0.3 is 15.0 Å². The van der Waals surface area contributed by atoms with Crippen LogP contribution in [0, 0.1) is 5.82 Å². The van der Waals surface area contributed by atoms with Crippen molar-refractivity contribution in [3.05, 3.63) is 53.8 Å². The highest BCUT2D eigenvalue weighted by Gasteiger charge is 2.26. The molecule has 2 amide bonds. The fraction of sp³-hybridized carbons (Fsp3) is 0.250. The number of ketones is 1. The second-order valence-corrected chi connectivity index (χ2v) is 6.20. The third-order valence-corrected chi connectivity index (χ3v) is 4.24. The standard InChI is InChI=1S/C20H19FN2O4/c1-13(24)14-8-9-18-17(11-14)23(20(26)12-27-18)10-4-7-19(25)22-16-6-3-2-5-15(16)21/h2-3,5-6,8-9,11H,4,7,10,12H2,1H3,(H,22,25). The van der Waals surface area contributed by atoms with Crippen LogP contribution in [-0.2, 0) is 9.59 Å². The van der Waals surface area contributed by atoms with E-state index in [2.05, 4.69) is 5.32 Å². The molecule has 2 aromatic rings. The zero-order valence-corrected chi connectivity index (χ0v) is 14.8. The van der Waals surface area contributed by atoms with E-state index in [1.54, 1.807) is 30.3 Å². The number of nitrogens with zero attached hydrogens (tertiary/aromatic N) is 1. The predicted octanol–water partition coefficient (Wildman–Crippen LogP) is 3.17. The lowest BCUT2D eigenvalue weighted by molar-refractivity contribution is -0.121. The molecule has 2 aromatic carbocycles. The number of benzene rings is 2. The number of amides is 2. The minimum atomic E-state index is -0.500. The van der Waals surface area contributed by atoms with E-state index in [-0.39, 0.29) is 36.3 Å². The van der Waals surface area contributed by atoms with E-state index in [1.807, 2.05) is 0 Å². The Morgan fingerprint density at radius 2 is 2.00 bits per heavy atom. The minimum Gasteiger partial charge on any atom is -0.482 e. The summed E-state index contributed by atoms with van der Waals surface area (Å²) in [6.07, 6.45) is 0.510. The molecule has 0 spiro atoms. The monoisotopic (exact) mass is 370 g/mol. The van der Waals surface area contributed by atoms with Gasteiger partial charge in [0.2, 0.25) is 5.91 Å². The third kappa shape index (κ3) is 4.31. The molecule has 6 nitrogen and oxygen atoms in total. The number of ether oxygens (including phenoxy) is 1. The van der Waals surface area contributed by atoms with Gasteiger partial charge in [0, 0.05) is 18.5 Å². The Labute approximate surface area is 155 Å². The molecule has 0 bridgehead atoms. The van der Waals surface area contributed by atoms with Crippen molar-refractivity contribution in [1.29, 1.82) is 0 Å². The second kappa shape index (κ2) is 7.99. The van der Waals surface area contributed by atoms with E-state index in [9.17, 15) is 18.8 Å². The molecule has 0 aromatic heterocycles. The van der Waals surface area contributed by atoms with Gasteiger partial charge in [-0.2, -0.15) is 0 Å². The van der Waals surface area contributed by atoms with Crippen LogP contribution in [0.5, 0.6) is 5.75 Å². The molecule has 27 heavy (non-hydrogen) atoms. The maximum atomic E-state index is 13.6. The zero-order chi connectivity index (χ0) is 19.4. The van der Waals surface area contributed by atoms with Crippen molar-refractivity contribution < 1.29 is 23.5 Å². The summed E-state index contributed by atoms with van der Waals surface area (Å²) >= 11 is 0. The van der Waals surface area contributed by atoms with E-state index in [4.69, 9.17) is 4.74 Å². The normalized spacial score (nSPS) is 13.0. The average molecular weight is 370 g/mol. The van der Waals surface area contributed by atoms with E-state index in [1.165, 1.54) is 24.0 Å². The van der Waals surface area contributed by atoms with E-state index in [0.29, 0.717) is 30.0 Å². The summed E-state index contributed by atoms with van der Waals surface area (Å²) in [6.45, 7) is 1.65. The van der Waals surface area contributed by atoms with Crippen LogP contribution in [0.3, 0.4) is 0 Å². The first-order valence-electron chi connectivity index (χ1n) is 8.58.